The number of ketones is 1. The molecular formula is C17H16N2O6. The van der Waals surface area contributed by atoms with Crippen molar-refractivity contribution in [3.8, 4) is 11.5 Å². The topological polar surface area (TPSA) is 108 Å². The smallest absolute Gasteiger partial charge is 0.314 e. The number of rotatable bonds is 7. The first-order valence-electron chi connectivity index (χ1n) is 7.27. The zero-order valence-corrected chi connectivity index (χ0v) is 13.6. The Bertz CT molecular complexity index is 801. The molecule has 130 valence electrons. The summed E-state index contributed by atoms with van der Waals surface area (Å²) in [6.07, 6.45) is 0. The molecule has 0 bridgehead atoms. The van der Waals surface area contributed by atoms with Crippen molar-refractivity contribution in [2.75, 3.05) is 19.0 Å². The van der Waals surface area contributed by atoms with E-state index in [4.69, 9.17) is 9.47 Å². The van der Waals surface area contributed by atoms with Crippen LogP contribution in [0.1, 0.15) is 17.3 Å². The van der Waals surface area contributed by atoms with E-state index in [-0.39, 0.29) is 29.7 Å². The van der Waals surface area contributed by atoms with Crippen molar-refractivity contribution in [3.63, 3.8) is 0 Å². The van der Waals surface area contributed by atoms with E-state index in [0.717, 1.165) is 0 Å². The number of amides is 1. The molecule has 0 fully saturated rings. The Balaban J connectivity index is 2.07. The van der Waals surface area contributed by atoms with Gasteiger partial charge in [-0.1, -0.05) is 0 Å². The standard InChI is InChI=1S/C17H16N2O6/c1-11(20)18-13-5-3-12(4-6-13)16(21)10-25-17-8-7-14(24-2)9-15(17)19(22)23/h3-9H,10H2,1-2H3,(H,18,20). The molecule has 0 radical (unpaired) electrons. The second kappa shape index (κ2) is 7.91. The molecule has 8 heteroatoms. The van der Waals surface area contributed by atoms with Gasteiger partial charge < -0.3 is 14.8 Å². The van der Waals surface area contributed by atoms with Gasteiger partial charge in [0.25, 0.3) is 0 Å². The van der Waals surface area contributed by atoms with Gasteiger partial charge in [-0.25, -0.2) is 0 Å². The molecule has 0 aliphatic heterocycles. The van der Waals surface area contributed by atoms with E-state index >= 15 is 0 Å². The summed E-state index contributed by atoms with van der Waals surface area (Å²) in [5.74, 6) is -0.262. The molecular weight excluding hydrogens is 328 g/mol. The average Bonchev–Trinajstić information content (AvgIpc) is 2.59. The van der Waals surface area contributed by atoms with E-state index in [9.17, 15) is 19.7 Å². The van der Waals surface area contributed by atoms with Gasteiger partial charge in [0, 0.05) is 18.2 Å². The molecule has 0 atom stereocenters. The van der Waals surface area contributed by atoms with Crippen molar-refractivity contribution in [1.29, 1.82) is 0 Å². The van der Waals surface area contributed by atoms with Crippen LogP contribution in [0.25, 0.3) is 0 Å². The Hall–Kier alpha value is -3.42. The van der Waals surface area contributed by atoms with E-state index < -0.39 is 4.92 Å². The number of methoxy groups -OCH3 is 1. The summed E-state index contributed by atoms with van der Waals surface area (Å²) in [5.41, 5.74) is 0.647. The molecule has 0 unspecified atom stereocenters. The van der Waals surface area contributed by atoms with Crippen LogP contribution < -0.4 is 14.8 Å². The number of anilines is 1. The van der Waals surface area contributed by atoms with Crippen molar-refractivity contribution >= 4 is 23.1 Å². The van der Waals surface area contributed by atoms with E-state index in [2.05, 4.69) is 5.32 Å². The van der Waals surface area contributed by atoms with E-state index in [0.29, 0.717) is 17.0 Å². The third-order valence-electron chi connectivity index (χ3n) is 3.25. The van der Waals surface area contributed by atoms with Crippen molar-refractivity contribution in [2.24, 2.45) is 0 Å². The predicted octanol–water partition coefficient (Wildman–Crippen LogP) is 2.82. The van der Waals surface area contributed by atoms with Gasteiger partial charge in [-0.15, -0.1) is 0 Å². The fourth-order valence-corrected chi connectivity index (χ4v) is 2.06. The Morgan fingerprint density at radius 1 is 1.16 bits per heavy atom. The van der Waals surface area contributed by atoms with Gasteiger partial charge in [0.2, 0.25) is 5.91 Å². The summed E-state index contributed by atoms with van der Waals surface area (Å²) >= 11 is 0. The number of ether oxygens (including phenoxy) is 2. The number of nitro benzene ring substituents is 1. The molecule has 2 rings (SSSR count). The van der Waals surface area contributed by atoms with Crippen LogP contribution in [0, 0.1) is 10.1 Å². The Kier molecular flexibility index (Phi) is 5.67. The minimum Gasteiger partial charge on any atom is -0.496 e. The maximum atomic E-state index is 12.1. The highest BCUT2D eigenvalue weighted by Crippen LogP contribution is 2.31. The SMILES string of the molecule is COc1ccc(OCC(=O)c2ccc(NC(C)=O)cc2)c([N+](=O)[O-])c1. The van der Waals surface area contributed by atoms with E-state index in [1.54, 1.807) is 24.3 Å². The number of nitro groups is 1. The lowest BCUT2D eigenvalue weighted by atomic mass is 10.1. The number of nitrogens with one attached hydrogen (secondary N) is 1. The third-order valence-corrected chi connectivity index (χ3v) is 3.25. The number of carbonyl (C=O) groups excluding carboxylic acids is 2. The highest BCUT2D eigenvalue weighted by atomic mass is 16.6. The maximum absolute atomic E-state index is 12.1. The average molecular weight is 344 g/mol. The molecule has 0 aliphatic carbocycles. The summed E-state index contributed by atoms with van der Waals surface area (Å²) in [5, 5.41) is 13.7. The van der Waals surface area contributed by atoms with E-state index in [1.807, 2.05) is 0 Å². The molecule has 25 heavy (non-hydrogen) atoms. The molecule has 1 amide bonds. The van der Waals surface area contributed by atoms with Gasteiger partial charge in [-0.3, -0.25) is 19.7 Å². The predicted molar refractivity (Wildman–Crippen MR) is 90.2 cm³/mol. The first-order valence-corrected chi connectivity index (χ1v) is 7.27. The summed E-state index contributed by atoms with van der Waals surface area (Å²) < 4.78 is 10.2. The van der Waals surface area contributed by atoms with Crippen molar-refractivity contribution in [1.82, 2.24) is 0 Å². The van der Waals surface area contributed by atoms with Crippen LogP contribution in [0.15, 0.2) is 42.5 Å². The third kappa shape index (κ3) is 4.77. The van der Waals surface area contributed by atoms with Crippen LogP contribution in [-0.4, -0.2) is 30.3 Å². The molecule has 2 aromatic rings. The largest absolute Gasteiger partial charge is 0.496 e. The number of hydrogen-bond donors (Lipinski definition) is 1. The molecule has 0 spiro atoms. The molecule has 0 saturated heterocycles. The summed E-state index contributed by atoms with van der Waals surface area (Å²) in [6, 6.07) is 10.4. The number of Topliss-reactive ketones (excluding diaryl/α,β-unsaturated/α-hetero) is 1. The van der Waals surface area contributed by atoms with Gasteiger partial charge in [0.05, 0.1) is 18.1 Å². The lowest BCUT2D eigenvalue weighted by Gasteiger charge is -2.08. The number of hydrogen-bond acceptors (Lipinski definition) is 6. The van der Waals surface area contributed by atoms with Gasteiger partial charge >= 0.3 is 5.69 Å². The van der Waals surface area contributed by atoms with Crippen LogP contribution in [-0.2, 0) is 4.79 Å². The summed E-state index contributed by atoms with van der Waals surface area (Å²) in [4.78, 5) is 33.6. The highest BCUT2D eigenvalue weighted by Gasteiger charge is 2.18. The maximum Gasteiger partial charge on any atom is 0.314 e. The number of benzene rings is 2. The lowest BCUT2D eigenvalue weighted by Crippen LogP contribution is -2.12. The molecule has 0 aliphatic rings. The normalized spacial score (nSPS) is 10.0. The van der Waals surface area contributed by atoms with Gasteiger partial charge in [0.1, 0.15) is 5.75 Å². The quantitative estimate of drug-likeness (QED) is 0.470. The van der Waals surface area contributed by atoms with E-state index in [1.165, 1.54) is 32.2 Å². The van der Waals surface area contributed by atoms with Gasteiger partial charge in [-0.2, -0.15) is 0 Å². The Morgan fingerprint density at radius 3 is 2.40 bits per heavy atom. The molecule has 2 aromatic carbocycles. The van der Waals surface area contributed by atoms with Crippen LogP contribution >= 0.6 is 0 Å². The fourth-order valence-electron chi connectivity index (χ4n) is 2.06. The first kappa shape index (κ1) is 17.9. The second-order valence-corrected chi connectivity index (χ2v) is 5.06. The van der Waals surface area contributed by atoms with Crippen molar-refractivity contribution < 1.29 is 24.0 Å². The van der Waals surface area contributed by atoms with Crippen molar-refractivity contribution in [2.45, 2.75) is 6.92 Å². The van der Waals surface area contributed by atoms with Crippen LogP contribution in [0.5, 0.6) is 11.5 Å². The molecule has 0 saturated carbocycles. The lowest BCUT2D eigenvalue weighted by molar-refractivity contribution is -0.385. The molecule has 0 aromatic heterocycles. The minimum absolute atomic E-state index is 0.0194. The van der Waals surface area contributed by atoms with Crippen LogP contribution in [0.3, 0.4) is 0 Å². The molecule has 1 N–H and O–H groups in total. The molecule has 0 heterocycles. The van der Waals surface area contributed by atoms with Crippen molar-refractivity contribution in [3.05, 3.63) is 58.1 Å². The Morgan fingerprint density at radius 2 is 1.84 bits per heavy atom. The highest BCUT2D eigenvalue weighted by molar-refractivity contribution is 5.98. The zero-order chi connectivity index (χ0) is 18.4. The molecule has 8 nitrogen and oxygen atoms in total. The monoisotopic (exact) mass is 344 g/mol. The number of carbonyl (C=O) groups is 2. The number of nitrogens with zero attached hydrogens (tertiary/aromatic N) is 1. The summed E-state index contributed by atoms with van der Waals surface area (Å²) in [6.45, 7) is 1.03. The second-order valence-electron chi connectivity index (χ2n) is 5.06. The minimum atomic E-state index is -0.607. The van der Waals surface area contributed by atoms with Crippen LogP contribution in [0.2, 0.25) is 0 Å². The zero-order valence-electron chi connectivity index (χ0n) is 13.6. The summed E-state index contributed by atoms with van der Waals surface area (Å²) in [7, 11) is 1.40. The Labute approximate surface area is 143 Å². The fraction of sp³-hybridized carbons (Fsp3) is 0.176. The van der Waals surface area contributed by atoms with Gasteiger partial charge in [0.15, 0.2) is 18.1 Å². The van der Waals surface area contributed by atoms with Gasteiger partial charge in [-0.05, 0) is 36.4 Å². The van der Waals surface area contributed by atoms with Crippen LogP contribution in [0.4, 0.5) is 11.4 Å². The first-order chi connectivity index (χ1) is 11.9.